The van der Waals surface area contributed by atoms with E-state index in [1.54, 1.807) is 11.3 Å². The van der Waals surface area contributed by atoms with Gasteiger partial charge in [-0.2, -0.15) is 0 Å². The fraction of sp³-hybridized carbons (Fsp3) is 0.0682. The fourth-order valence-electron chi connectivity index (χ4n) is 7.60. The van der Waals surface area contributed by atoms with E-state index in [1.165, 1.54) is 43.3 Å². The second kappa shape index (κ2) is 10.1. The lowest BCUT2D eigenvalue weighted by molar-refractivity contribution is 0.662. The summed E-state index contributed by atoms with van der Waals surface area (Å²) in [7, 11) is 0. The van der Waals surface area contributed by atoms with Gasteiger partial charge in [0.05, 0.1) is 10.2 Å². The molecule has 0 fully saturated rings. The van der Waals surface area contributed by atoms with Crippen LogP contribution in [0.4, 0.5) is 17.1 Å². The highest BCUT2D eigenvalue weighted by Crippen LogP contribution is 2.52. The van der Waals surface area contributed by atoms with Crippen molar-refractivity contribution in [2.24, 2.45) is 0 Å². The maximum Gasteiger partial charge on any atom is 0.135 e. The van der Waals surface area contributed by atoms with E-state index in [2.05, 4.69) is 152 Å². The summed E-state index contributed by atoms with van der Waals surface area (Å²) in [5, 5.41) is 5.78. The molecule has 0 saturated carbocycles. The summed E-state index contributed by atoms with van der Waals surface area (Å²) in [6.45, 7) is 4.70. The van der Waals surface area contributed by atoms with Crippen LogP contribution in [0.15, 0.2) is 150 Å². The molecule has 0 radical (unpaired) electrons. The highest BCUT2D eigenvalue weighted by atomic mass is 32.1. The number of anilines is 3. The first-order chi connectivity index (χ1) is 23.5. The number of aromatic nitrogens is 1. The van der Waals surface area contributed by atoms with Gasteiger partial charge in [0.25, 0.3) is 0 Å². The third-order valence-electron chi connectivity index (χ3n) is 10.0. The van der Waals surface area contributed by atoms with Crippen molar-refractivity contribution in [3.05, 3.63) is 157 Å². The zero-order valence-corrected chi connectivity index (χ0v) is 27.4. The van der Waals surface area contributed by atoms with Crippen LogP contribution < -0.4 is 4.90 Å². The van der Waals surface area contributed by atoms with Crippen LogP contribution in [0.5, 0.6) is 0 Å². The molecule has 1 aliphatic carbocycles. The zero-order valence-electron chi connectivity index (χ0n) is 26.6. The number of benzene rings is 7. The van der Waals surface area contributed by atoms with Gasteiger partial charge in [0.15, 0.2) is 0 Å². The molecule has 7 aromatic carbocycles. The average Bonchev–Trinajstić information content (AvgIpc) is 3.78. The molecule has 0 atom stereocenters. The van der Waals surface area contributed by atoms with Crippen molar-refractivity contribution in [2.75, 3.05) is 4.90 Å². The van der Waals surface area contributed by atoms with Gasteiger partial charge in [0.2, 0.25) is 0 Å². The van der Waals surface area contributed by atoms with Crippen LogP contribution in [-0.4, -0.2) is 4.98 Å². The summed E-state index contributed by atoms with van der Waals surface area (Å²) in [5.41, 5.74) is 12.6. The van der Waals surface area contributed by atoms with Gasteiger partial charge in [0.1, 0.15) is 16.2 Å². The molecule has 0 spiro atoms. The highest BCUT2D eigenvalue weighted by molar-refractivity contribution is 7.21. The van der Waals surface area contributed by atoms with Gasteiger partial charge in [-0.05, 0) is 106 Å². The van der Waals surface area contributed by atoms with Crippen molar-refractivity contribution in [1.29, 1.82) is 0 Å². The van der Waals surface area contributed by atoms with E-state index < -0.39 is 0 Å². The molecule has 4 heteroatoms. The molecule has 3 nitrogen and oxygen atoms in total. The van der Waals surface area contributed by atoms with E-state index in [0.717, 1.165) is 49.5 Å². The molecule has 0 bridgehead atoms. The molecular weight excluding hydrogens is 605 g/mol. The van der Waals surface area contributed by atoms with Crippen molar-refractivity contribution < 1.29 is 4.42 Å². The first-order valence-corrected chi connectivity index (χ1v) is 17.2. The van der Waals surface area contributed by atoms with Crippen molar-refractivity contribution in [1.82, 2.24) is 4.98 Å². The number of nitrogens with zero attached hydrogens (tertiary/aromatic N) is 2. The van der Waals surface area contributed by atoms with Gasteiger partial charge >= 0.3 is 0 Å². The Kier molecular flexibility index (Phi) is 5.79. The van der Waals surface area contributed by atoms with Crippen LogP contribution >= 0.6 is 11.3 Å². The average molecular weight is 635 g/mol. The maximum absolute atomic E-state index is 6.17. The number of hydrogen-bond donors (Lipinski definition) is 0. The minimum Gasteiger partial charge on any atom is -0.456 e. The molecule has 48 heavy (non-hydrogen) atoms. The van der Waals surface area contributed by atoms with E-state index in [1.807, 2.05) is 12.1 Å². The number of hydrogen-bond acceptors (Lipinski definition) is 4. The van der Waals surface area contributed by atoms with Crippen molar-refractivity contribution in [3.63, 3.8) is 0 Å². The lowest BCUT2D eigenvalue weighted by Gasteiger charge is -2.26. The summed E-state index contributed by atoms with van der Waals surface area (Å²) in [6.07, 6.45) is 0. The van der Waals surface area contributed by atoms with E-state index in [0.29, 0.717) is 0 Å². The normalized spacial score (nSPS) is 13.4. The minimum absolute atomic E-state index is 0.124. The molecular formula is C44H30N2OS. The Morgan fingerprint density at radius 1 is 0.562 bits per heavy atom. The second-order valence-corrected chi connectivity index (χ2v) is 14.3. The third-order valence-corrected chi connectivity index (χ3v) is 11.1. The van der Waals surface area contributed by atoms with Crippen LogP contribution in [0, 0.1) is 0 Å². The molecule has 10 rings (SSSR count). The zero-order chi connectivity index (χ0) is 32.0. The molecule has 0 unspecified atom stereocenters. The predicted molar refractivity (Wildman–Crippen MR) is 202 cm³/mol. The van der Waals surface area contributed by atoms with Crippen LogP contribution in [-0.2, 0) is 5.41 Å². The molecule has 1 aliphatic rings. The monoisotopic (exact) mass is 634 g/mol. The van der Waals surface area contributed by atoms with E-state index in [-0.39, 0.29) is 5.41 Å². The van der Waals surface area contributed by atoms with Crippen molar-refractivity contribution in [2.45, 2.75) is 19.3 Å². The SMILES string of the molecule is CC1(C)c2cc3ccc(N(c4ccccc4)c4ccc5oc6ccccc6c5c4)cc3cc2-c2cc3sc(-c4ccccc4)nc3cc21. The quantitative estimate of drug-likeness (QED) is 0.193. The molecule has 9 aromatic rings. The summed E-state index contributed by atoms with van der Waals surface area (Å²) in [6, 6.07) is 52.3. The molecule has 228 valence electrons. The lowest BCUT2D eigenvalue weighted by Crippen LogP contribution is -2.15. The first-order valence-electron chi connectivity index (χ1n) is 16.4. The molecule has 2 aromatic heterocycles. The molecule has 0 N–H and O–H groups in total. The predicted octanol–water partition coefficient (Wildman–Crippen LogP) is 12.8. The summed E-state index contributed by atoms with van der Waals surface area (Å²) < 4.78 is 7.40. The molecule has 0 amide bonds. The Labute approximate surface area is 282 Å². The Balaban J connectivity index is 1.13. The number of furan rings is 1. The summed E-state index contributed by atoms with van der Waals surface area (Å²) in [5.74, 6) is 0. The molecule has 0 aliphatic heterocycles. The molecule has 0 saturated heterocycles. The van der Waals surface area contributed by atoms with Gasteiger partial charge in [-0.3, -0.25) is 0 Å². The first kappa shape index (κ1) is 27.4. The number of rotatable bonds is 4. The van der Waals surface area contributed by atoms with Crippen molar-refractivity contribution >= 4 is 71.3 Å². The topological polar surface area (TPSA) is 29.3 Å². The lowest BCUT2D eigenvalue weighted by atomic mass is 9.82. The number of fused-ring (bicyclic) bond motifs is 8. The fourth-order valence-corrected chi connectivity index (χ4v) is 8.60. The number of para-hydroxylation sites is 2. The number of thiazole rings is 1. The van der Waals surface area contributed by atoms with E-state index in [9.17, 15) is 0 Å². The Morgan fingerprint density at radius 3 is 2.10 bits per heavy atom. The Bertz CT molecular complexity index is 2700. The van der Waals surface area contributed by atoms with Gasteiger partial charge in [-0.1, -0.05) is 86.6 Å². The smallest absolute Gasteiger partial charge is 0.135 e. The van der Waals surface area contributed by atoms with Crippen LogP contribution in [0.1, 0.15) is 25.0 Å². The van der Waals surface area contributed by atoms with E-state index in [4.69, 9.17) is 9.40 Å². The van der Waals surface area contributed by atoms with Crippen LogP contribution in [0.25, 0.3) is 64.6 Å². The Morgan fingerprint density at radius 2 is 1.25 bits per heavy atom. The van der Waals surface area contributed by atoms with Crippen molar-refractivity contribution in [3.8, 4) is 21.7 Å². The minimum atomic E-state index is -0.124. The van der Waals surface area contributed by atoms with Gasteiger partial charge in [0, 0.05) is 38.8 Å². The second-order valence-electron chi connectivity index (χ2n) is 13.3. The van der Waals surface area contributed by atoms with E-state index >= 15 is 0 Å². The van der Waals surface area contributed by atoms with Gasteiger partial charge < -0.3 is 9.32 Å². The molecule has 2 heterocycles. The van der Waals surface area contributed by atoms with Crippen LogP contribution in [0.3, 0.4) is 0 Å². The summed E-state index contributed by atoms with van der Waals surface area (Å²) >= 11 is 1.77. The van der Waals surface area contributed by atoms with Crippen LogP contribution in [0.2, 0.25) is 0 Å². The largest absolute Gasteiger partial charge is 0.456 e. The highest BCUT2D eigenvalue weighted by Gasteiger charge is 2.36. The standard InChI is InChI=1S/C44H30N2OS/c1-44(2)37-23-28-17-18-31(46(30-13-7-4-8-14-30)32-19-20-41-36(24-32)33-15-9-10-16-40(33)47-41)21-29(28)22-34(37)35-25-42-39(26-38(35)44)45-43(48-42)27-11-5-3-6-12-27/h3-26H,1-2H3. The van der Waals surface area contributed by atoms with Gasteiger partial charge in [-0.25, -0.2) is 4.98 Å². The Hall–Kier alpha value is -5.71. The summed E-state index contributed by atoms with van der Waals surface area (Å²) in [4.78, 5) is 7.42. The third kappa shape index (κ3) is 4.09. The maximum atomic E-state index is 6.17. The van der Waals surface area contributed by atoms with Gasteiger partial charge in [-0.15, -0.1) is 11.3 Å².